The van der Waals surface area contributed by atoms with Gasteiger partial charge in [0.2, 0.25) is 0 Å². The molecule has 1 aliphatic rings. The van der Waals surface area contributed by atoms with Crippen molar-refractivity contribution in [1.29, 1.82) is 0 Å². The lowest BCUT2D eigenvalue weighted by molar-refractivity contribution is -0.147. The van der Waals surface area contributed by atoms with Crippen LogP contribution in [0.2, 0.25) is 0 Å². The second kappa shape index (κ2) is 8.17. The number of hydrogen-bond acceptors (Lipinski definition) is 4. The Morgan fingerprint density at radius 3 is 2.00 bits per heavy atom. The van der Waals surface area contributed by atoms with Gasteiger partial charge in [-0.05, 0) is 41.8 Å². The Labute approximate surface area is 164 Å². The lowest BCUT2D eigenvalue weighted by atomic mass is 10.1. The molecule has 4 rings (SSSR count). The molecule has 0 N–H and O–H groups in total. The van der Waals surface area contributed by atoms with Gasteiger partial charge < -0.3 is 14.2 Å². The Hall–Kier alpha value is -3.27. The molecule has 142 valence electrons. The third-order valence-electron chi connectivity index (χ3n) is 4.88. The monoisotopic (exact) mass is 374 g/mol. The van der Waals surface area contributed by atoms with E-state index in [0.717, 1.165) is 33.8 Å². The van der Waals surface area contributed by atoms with Gasteiger partial charge in [-0.25, -0.2) is 0 Å². The SMILES string of the molecule is COc1ccc(OCCCC(=O)OC2c3ccccc3-c3ccccc32)cc1. The number of fused-ring (bicyclic) bond motifs is 3. The average Bonchev–Trinajstić information content (AvgIpc) is 3.06. The van der Waals surface area contributed by atoms with Crippen LogP contribution >= 0.6 is 0 Å². The lowest BCUT2D eigenvalue weighted by Crippen LogP contribution is -2.12. The quantitative estimate of drug-likeness (QED) is 0.423. The van der Waals surface area contributed by atoms with Crippen LogP contribution in [-0.4, -0.2) is 19.7 Å². The van der Waals surface area contributed by atoms with Crippen LogP contribution in [0.15, 0.2) is 72.8 Å². The van der Waals surface area contributed by atoms with Gasteiger partial charge in [0.1, 0.15) is 11.5 Å². The molecular formula is C24H22O4. The Bertz CT molecular complexity index is 917. The first-order valence-electron chi connectivity index (χ1n) is 9.41. The molecule has 0 atom stereocenters. The van der Waals surface area contributed by atoms with E-state index in [1.54, 1.807) is 7.11 Å². The number of ether oxygens (including phenoxy) is 3. The van der Waals surface area contributed by atoms with Gasteiger partial charge in [-0.2, -0.15) is 0 Å². The van der Waals surface area contributed by atoms with Crippen LogP contribution in [0.1, 0.15) is 30.1 Å². The predicted molar refractivity (Wildman–Crippen MR) is 108 cm³/mol. The number of methoxy groups -OCH3 is 1. The van der Waals surface area contributed by atoms with Gasteiger partial charge in [0.05, 0.1) is 13.7 Å². The minimum atomic E-state index is -0.331. The van der Waals surface area contributed by atoms with Crippen molar-refractivity contribution in [2.75, 3.05) is 13.7 Å². The molecule has 0 aromatic heterocycles. The van der Waals surface area contributed by atoms with Crippen LogP contribution in [0.5, 0.6) is 11.5 Å². The molecule has 0 saturated carbocycles. The Balaban J connectivity index is 1.33. The van der Waals surface area contributed by atoms with Crippen molar-refractivity contribution in [1.82, 2.24) is 0 Å². The van der Waals surface area contributed by atoms with Crippen LogP contribution in [0.3, 0.4) is 0 Å². The molecule has 0 heterocycles. The second-order valence-corrected chi connectivity index (χ2v) is 6.67. The Morgan fingerprint density at radius 1 is 0.821 bits per heavy atom. The number of carbonyl (C=O) groups excluding carboxylic acids is 1. The highest BCUT2D eigenvalue weighted by Crippen LogP contribution is 2.45. The molecule has 0 radical (unpaired) electrons. The third kappa shape index (κ3) is 3.72. The summed E-state index contributed by atoms with van der Waals surface area (Å²) in [6, 6.07) is 23.6. The van der Waals surface area contributed by atoms with E-state index in [0.29, 0.717) is 19.4 Å². The van der Waals surface area contributed by atoms with Crippen LogP contribution in [-0.2, 0) is 9.53 Å². The Kier molecular flexibility index (Phi) is 5.29. The lowest BCUT2D eigenvalue weighted by Gasteiger charge is -2.15. The van der Waals surface area contributed by atoms with Gasteiger partial charge in [0, 0.05) is 17.5 Å². The first-order chi connectivity index (χ1) is 13.8. The molecule has 0 unspecified atom stereocenters. The predicted octanol–water partition coefficient (Wildman–Crippen LogP) is 5.17. The van der Waals surface area contributed by atoms with Gasteiger partial charge in [-0.3, -0.25) is 4.79 Å². The maximum Gasteiger partial charge on any atom is 0.306 e. The van der Waals surface area contributed by atoms with Gasteiger partial charge >= 0.3 is 5.97 Å². The summed E-state index contributed by atoms with van der Waals surface area (Å²) in [5.41, 5.74) is 4.37. The maximum absolute atomic E-state index is 12.4. The number of benzene rings is 3. The van der Waals surface area contributed by atoms with Crippen LogP contribution in [0.25, 0.3) is 11.1 Å². The summed E-state index contributed by atoms with van der Waals surface area (Å²) < 4.78 is 16.6. The maximum atomic E-state index is 12.4. The van der Waals surface area contributed by atoms with Crippen molar-refractivity contribution < 1.29 is 19.0 Å². The van der Waals surface area contributed by atoms with E-state index in [1.165, 1.54) is 0 Å². The summed E-state index contributed by atoms with van der Waals surface area (Å²) in [5, 5.41) is 0. The van der Waals surface area contributed by atoms with Crippen molar-refractivity contribution in [3.8, 4) is 22.6 Å². The van der Waals surface area contributed by atoms with Crippen LogP contribution < -0.4 is 9.47 Å². The van der Waals surface area contributed by atoms with E-state index in [-0.39, 0.29) is 12.1 Å². The molecule has 3 aromatic rings. The fraction of sp³-hybridized carbons (Fsp3) is 0.208. The summed E-state index contributed by atoms with van der Waals surface area (Å²) in [7, 11) is 1.63. The minimum Gasteiger partial charge on any atom is -0.497 e. The Morgan fingerprint density at radius 2 is 1.39 bits per heavy atom. The molecule has 4 heteroatoms. The summed E-state index contributed by atoms with van der Waals surface area (Å²) in [6.07, 6.45) is 0.583. The normalized spacial score (nSPS) is 12.2. The molecule has 0 saturated heterocycles. The fourth-order valence-electron chi connectivity index (χ4n) is 3.51. The van der Waals surface area contributed by atoms with E-state index in [4.69, 9.17) is 14.2 Å². The standard InChI is InChI=1S/C24H22O4/c1-26-17-12-14-18(15-13-17)27-16-6-11-23(25)28-24-21-9-4-2-7-19(21)20-8-3-5-10-22(20)24/h2-5,7-10,12-15,24H,6,11,16H2,1H3. The largest absolute Gasteiger partial charge is 0.497 e. The number of carbonyl (C=O) groups is 1. The van der Waals surface area contributed by atoms with Gasteiger partial charge in [-0.1, -0.05) is 48.5 Å². The third-order valence-corrected chi connectivity index (χ3v) is 4.88. The number of esters is 1. The van der Waals surface area contributed by atoms with Crippen molar-refractivity contribution in [2.24, 2.45) is 0 Å². The topological polar surface area (TPSA) is 44.8 Å². The summed E-state index contributed by atoms with van der Waals surface area (Å²) in [4.78, 5) is 12.4. The summed E-state index contributed by atoms with van der Waals surface area (Å²) in [5.74, 6) is 1.33. The average molecular weight is 374 g/mol. The second-order valence-electron chi connectivity index (χ2n) is 6.67. The molecule has 4 nitrogen and oxygen atoms in total. The zero-order chi connectivity index (χ0) is 19.3. The van der Waals surface area contributed by atoms with Crippen molar-refractivity contribution in [2.45, 2.75) is 18.9 Å². The van der Waals surface area contributed by atoms with E-state index in [9.17, 15) is 4.79 Å². The van der Waals surface area contributed by atoms with Gasteiger partial charge in [0.15, 0.2) is 6.10 Å². The van der Waals surface area contributed by atoms with Crippen molar-refractivity contribution in [3.05, 3.63) is 83.9 Å². The van der Waals surface area contributed by atoms with E-state index in [1.807, 2.05) is 60.7 Å². The molecule has 3 aromatic carbocycles. The molecule has 0 aliphatic heterocycles. The first-order valence-corrected chi connectivity index (χ1v) is 9.41. The molecule has 0 spiro atoms. The van der Waals surface area contributed by atoms with E-state index in [2.05, 4.69) is 12.1 Å². The number of rotatable bonds is 7. The highest BCUT2D eigenvalue weighted by atomic mass is 16.5. The molecular weight excluding hydrogens is 352 g/mol. The first kappa shape index (κ1) is 18.1. The minimum absolute atomic E-state index is 0.213. The van der Waals surface area contributed by atoms with Crippen LogP contribution in [0.4, 0.5) is 0 Å². The molecule has 0 amide bonds. The van der Waals surface area contributed by atoms with E-state index < -0.39 is 0 Å². The summed E-state index contributed by atoms with van der Waals surface area (Å²) in [6.45, 7) is 0.458. The fourth-order valence-corrected chi connectivity index (χ4v) is 3.51. The molecule has 28 heavy (non-hydrogen) atoms. The molecule has 0 fully saturated rings. The highest BCUT2D eigenvalue weighted by molar-refractivity contribution is 5.80. The van der Waals surface area contributed by atoms with Gasteiger partial charge in [0.25, 0.3) is 0 Å². The number of hydrogen-bond donors (Lipinski definition) is 0. The zero-order valence-electron chi connectivity index (χ0n) is 15.8. The summed E-state index contributed by atoms with van der Waals surface area (Å²) >= 11 is 0. The molecule has 0 bridgehead atoms. The van der Waals surface area contributed by atoms with Gasteiger partial charge in [-0.15, -0.1) is 0 Å². The zero-order valence-corrected chi connectivity index (χ0v) is 15.8. The van der Waals surface area contributed by atoms with Crippen LogP contribution in [0, 0.1) is 0 Å². The molecule has 1 aliphatic carbocycles. The highest BCUT2D eigenvalue weighted by Gasteiger charge is 2.30. The van der Waals surface area contributed by atoms with E-state index >= 15 is 0 Å². The van der Waals surface area contributed by atoms with Crippen molar-refractivity contribution in [3.63, 3.8) is 0 Å². The van der Waals surface area contributed by atoms with Crippen molar-refractivity contribution >= 4 is 5.97 Å². The smallest absolute Gasteiger partial charge is 0.306 e.